The third-order valence-electron chi connectivity index (χ3n) is 4.79. The van der Waals surface area contributed by atoms with E-state index in [9.17, 15) is 13.2 Å². The summed E-state index contributed by atoms with van der Waals surface area (Å²) in [7, 11) is -2.03. The van der Waals surface area contributed by atoms with Crippen molar-refractivity contribution in [2.24, 2.45) is 0 Å². The lowest BCUT2D eigenvalue weighted by atomic mass is 10.1. The van der Waals surface area contributed by atoms with Crippen molar-refractivity contribution in [3.63, 3.8) is 0 Å². The number of piperazine rings is 1. The van der Waals surface area contributed by atoms with Crippen LogP contribution < -0.4 is 4.74 Å². The van der Waals surface area contributed by atoms with E-state index in [0.717, 1.165) is 11.1 Å². The second-order valence-electron chi connectivity index (χ2n) is 6.70. The molecule has 1 heterocycles. The normalized spacial score (nSPS) is 15.6. The predicted molar refractivity (Wildman–Crippen MR) is 104 cm³/mol. The predicted octanol–water partition coefficient (Wildman–Crippen LogP) is 2.46. The molecule has 1 amide bonds. The summed E-state index contributed by atoms with van der Waals surface area (Å²) in [5, 5.41) is 0. The molecule has 3 rings (SSSR count). The summed E-state index contributed by atoms with van der Waals surface area (Å²) in [6, 6.07) is 12.3. The summed E-state index contributed by atoms with van der Waals surface area (Å²) in [6.45, 7) is 5.08. The highest BCUT2D eigenvalue weighted by Gasteiger charge is 2.30. The van der Waals surface area contributed by atoms with Gasteiger partial charge in [-0.05, 0) is 49.7 Å². The Balaban J connectivity index is 1.71. The van der Waals surface area contributed by atoms with Gasteiger partial charge in [-0.2, -0.15) is 4.31 Å². The molecule has 2 aromatic rings. The maximum absolute atomic E-state index is 12.9. The highest BCUT2D eigenvalue weighted by Crippen LogP contribution is 2.24. The molecule has 0 spiro atoms. The fraction of sp³-hybridized carbons (Fsp3) is 0.350. The lowest BCUT2D eigenvalue weighted by molar-refractivity contribution is 0.0698. The maximum Gasteiger partial charge on any atom is 0.253 e. The Morgan fingerprint density at radius 2 is 1.70 bits per heavy atom. The smallest absolute Gasteiger partial charge is 0.253 e. The third kappa shape index (κ3) is 3.99. The van der Waals surface area contributed by atoms with Crippen LogP contribution in [0, 0.1) is 13.8 Å². The summed E-state index contributed by atoms with van der Waals surface area (Å²) in [4.78, 5) is 14.6. The number of aryl methyl sites for hydroxylation is 2. The van der Waals surface area contributed by atoms with Crippen molar-refractivity contribution in [3.05, 3.63) is 59.2 Å². The zero-order valence-electron chi connectivity index (χ0n) is 15.8. The fourth-order valence-corrected chi connectivity index (χ4v) is 4.76. The van der Waals surface area contributed by atoms with Gasteiger partial charge in [0.15, 0.2) is 0 Å². The van der Waals surface area contributed by atoms with Crippen molar-refractivity contribution >= 4 is 15.9 Å². The van der Waals surface area contributed by atoms with E-state index in [1.54, 1.807) is 36.3 Å². The second kappa shape index (κ2) is 7.70. The Morgan fingerprint density at radius 1 is 1.00 bits per heavy atom. The minimum Gasteiger partial charge on any atom is -0.496 e. The van der Waals surface area contributed by atoms with Crippen LogP contribution in [0.3, 0.4) is 0 Å². The van der Waals surface area contributed by atoms with E-state index in [1.807, 2.05) is 32.0 Å². The first-order chi connectivity index (χ1) is 12.8. The number of carbonyl (C=O) groups excluding carboxylic acids is 1. The van der Waals surface area contributed by atoms with Gasteiger partial charge in [-0.3, -0.25) is 4.79 Å². The van der Waals surface area contributed by atoms with E-state index < -0.39 is 10.0 Å². The van der Waals surface area contributed by atoms with Gasteiger partial charge in [0.2, 0.25) is 10.0 Å². The molecule has 1 aliphatic rings. The number of sulfonamides is 1. The van der Waals surface area contributed by atoms with Crippen LogP contribution in [-0.2, 0) is 10.0 Å². The van der Waals surface area contributed by atoms with Crippen molar-refractivity contribution in [2.75, 3.05) is 33.3 Å². The standard InChI is InChI=1S/C20H24N2O4S/c1-15-5-4-6-17(13-15)20(23)21-9-11-22(12-10-21)27(24,25)18-7-8-19(26-3)16(2)14-18/h4-8,13-14H,9-12H2,1-3H3. The first-order valence-electron chi connectivity index (χ1n) is 8.83. The molecule has 6 nitrogen and oxygen atoms in total. The third-order valence-corrected chi connectivity index (χ3v) is 6.69. The summed E-state index contributed by atoms with van der Waals surface area (Å²) in [5.41, 5.74) is 2.43. The molecule has 27 heavy (non-hydrogen) atoms. The number of ether oxygens (including phenoxy) is 1. The Morgan fingerprint density at radius 3 is 2.30 bits per heavy atom. The maximum atomic E-state index is 12.9. The van der Waals surface area contributed by atoms with Gasteiger partial charge >= 0.3 is 0 Å². The van der Waals surface area contributed by atoms with Gasteiger partial charge in [0.1, 0.15) is 5.75 Å². The van der Waals surface area contributed by atoms with Crippen molar-refractivity contribution in [2.45, 2.75) is 18.7 Å². The van der Waals surface area contributed by atoms with Gasteiger partial charge in [0.25, 0.3) is 5.91 Å². The van der Waals surface area contributed by atoms with E-state index in [2.05, 4.69) is 0 Å². The lowest BCUT2D eigenvalue weighted by Gasteiger charge is -2.34. The van der Waals surface area contributed by atoms with Gasteiger partial charge in [-0.15, -0.1) is 0 Å². The number of rotatable bonds is 4. The van der Waals surface area contributed by atoms with Gasteiger partial charge in [0.05, 0.1) is 12.0 Å². The van der Waals surface area contributed by atoms with E-state index in [4.69, 9.17) is 4.74 Å². The molecule has 144 valence electrons. The molecule has 1 saturated heterocycles. The van der Waals surface area contributed by atoms with E-state index in [0.29, 0.717) is 24.4 Å². The molecular formula is C20H24N2O4S. The highest BCUT2D eigenvalue weighted by molar-refractivity contribution is 7.89. The average Bonchev–Trinajstić information content (AvgIpc) is 2.67. The van der Waals surface area contributed by atoms with Crippen molar-refractivity contribution in [1.29, 1.82) is 0 Å². The molecule has 0 bridgehead atoms. The summed E-state index contributed by atoms with van der Waals surface area (Å²) in [5.74, 6) is 0.596. The Labute approximate surface area is 160 Å². The van der Waals surface area contributed by atoms with E-state index in [1.165, 1.54) is 4.31 Å². The minimum absolute atomic E-state index is 0.0592. The van der Waals surface area contributed by atoms with E-state index >= 15 is 0 Å². The highest BCUT2D eigenvalue weighted by atomic mass is 32.2. The van der Waals surface area contributed by atoms with Crippen molar-refractivity contribution < 1.29 is 17.9 Å². The molecule has 0 N–H and O–H groups in total. The molecule has 0 aliphatic carbocycles. The van der Waals surface area contributed by atoms with Gasteiger partial charge in [-0.25, -0.2) is 8.42 Å². The van der Waals surface area contributed by atoms with E-state index in [-0.39, 0.29) is 23.9 Å². The molecule has 0 atom stereocenters. The van der Waals surface area contributed by atoms with Crippen LogP contribution in [0.4, 0.5) is 0 Å². The SMILES string of the molecule is COc1ccc(S(=O)(=O)N2CCN(C(=O)c3cccc(C)c3)CC2)cc1C. The Kier molecular flexibility index (Phi) is 5.53. The summed E-state index contributed by atoms with van der Waals surface area (Å²) in [6.07, 6.45) is 0. The van der Waals surface area contributed by atoms with Crippen molar-refractivity contribution in [3.8, 4) is 5.75 Å². The molecule has 1 fully saturated rings. The number of amides is 1. The number of nitrogens with zero attached hydrogens (tertiary/aromatic N) is 2. The largest absolute Gasteiger partial charge is 0.496 e. The lowest BCUT2D eigenvalue weighted by Crippen LogP contribution is -2.50. The molecular weight excluding hydrogens is 364 g/mol. The Hall–Kier alpha value is -2.38. The minimum atomic E-state index is -3.59. The average molecular weight is 388 g/mol. The molecule has 0 saturated carbocycles. The van der Waals surface area contributed by atoms with Crippen LogP contribution in [-0.4, -0.2) is 56.8 Å². The molecule has 0 aromatic heterocycles. The molecule has 2 aromatic carbocycles. The quantitative estimate of drug-likeness (QED) is 0.807. The van der Waals surface area contributed by atoms with Crippen LogP contribution in [0.15, 0.2) is 47.4 Å². The molecule has 0 radical (unpaired) electrons. The fourth-order valence-electron chi connectivity index (χ4n) is 3.25. The number of hydrogen-bond acceptors (Lipinski definition) is 4. The summed E-state index contributed by atoms with van der Waals surface area (Å²) < 4.78 is 32.5. The van der Waals surface area contributed by atoms with Crippen LogP contribution in [0.5, 0.6) is 5.75 Å². The van der Waals surface area contributed by atoms with Crippen LogP contribution >= 0.6 is 0 Å². The number of methoxy groups -OCH3 is 1. The monoisotopic (exact) mass is 388 g/mol. The van der Waals surface area contributed by atoms with Gasteiger partial charge in [0, 0.05) is 31.7 Å². The zero-order valence-corrected chi connectivity index (χ0v) is 16.6. The van der Waals surface area contributed by atoms with Gasteiger partial charge in [-0.1, -0.05) is 17.7 Å². The Bertz CT molecular complexity index is 948. The number of carbonyl (C=O) groups is 1. The first kappa shape index (κ1) is 19.4. The molecule has 0 unspecified atom stereocenters. The summed E-state index contributed by atoms with van der Waals surface area (Å²) >= 11 is 0. The van der Waals surface area contributed by atoms with Crippen LogP contribution in [0.1, 0.15) is 21.5 Å². The molecule has 1 aliphatic heterocycles. The molecule has 7 heteroatoms. The topological polar surface area (TPSA) is 66.9 Å². The van der Waals surface area contributed by atoms with Crippen LogP contribution in [0.25, 0.3) is 0 Å². The zero-order chi connectivity index (χ0) is 19.6. The first-order valence-corrected chi connectivity index (χ1v) is 10.3. The van der Waals surface area contributed by atoms with Crippen LogP contribution in [0.2, 0.25) is 0 Å². The number of benzene rings is 2. The van der Waals surface area contributed by atoms with Gasteiger partial charge < -0.3 is 9.64 Å². The van der Waals surface area contributed by atoms with Crippen molar-refractivity contribution in [1.82, 2.24) is 9.21 Å². The second-order valence-corrected chi connectivity index (χ2v) is 8.64. The number of hydrogen-bond donors (Lipinski definition) is 0.